The first-order chi connectivity index (χ1) is 15.2. The van der Waals surface area contributed by atoms with Crippen molar-refractivity contribution in [1.29, 1.82) is 0 Å². The van der Waals surface area contributed by atoms with E-state index in [9.17, 15) is 8.78 Å². The largest absolute Gasteiger partial charge is 0.431 e. The van der Waals surface area contributed by atoms with Gasteiger partial charge in [0, 0.05) is 54.3 Å². The summed E-state index contributed by atoms with van der Waals surface area (Å²) in [6.07, 6.45) is 5.64. The summed E-state index contributed by atoms with van der Waals surface area (Å²) in [6.45, 7) is 7.09. The number of allylic oxidation sites excluding steroid dienone is 1. The molecule has 9 heteroatoms. The van der Waals surface area contributed by atoms with E-state index in [1.54, 1.807) is 0 Å². The predicted molar refractivity (Wildman–Crippen MR) is 121 cm³/mol. The lowest BCUT2D eigenvalue weighted by Crippen LogP contribution is -2.43. The van der Waals surface area contributed by atoms with Gasteiger partial charge in [0.2, 0.25) is 0 Å². The van der Waals surface area contributed by atoms with E-state index in [1.165, 1.54) is 12.3 Å². The summed E-state index contributed by atoms with van der Waals surface area (Å²) in [7, 11) is 0. The molecule has 4 N–H and O–H groups in total. The van der Waals surface area contributed by atoms with Gasteiger partial charge in [-0.25, -0.2) is 4.98 Å². The topological polar surface area (TPSA) is 99.0 Å². The lowest BCUT2D eigenvalue weighted by atomic mass is 9.94. The Bertz CT molecular complexity index is 900. The molecule has 1 aliphatic heterocycles. The van der Waals surface area contributed by atoms with Gasteiger partial charge in [0.25, 0.3) is 0 Å². The Labute approximate surface area is 187 Å². The summed E-state index contributed by atoms with van der Waals surface area (Å²) < 4.78 is 35.3. The first kappa shape index (κ1) is 22.9. The van der Waals surface area contributed by atoms with Crippen LogP contribution in [0.2, 0.25) is 0 Å². The lowest BCUT2D eigenvalue weighted by molar-refractivity contribution is -0.0495. The van der Waals surface area contributed by atoms with Gasteiger partial charge in [0.15, 0.2) is 11.6 Å². The van der Waals surface area contributed by atoms with Crippen LogP contribution in [0.15, 0.2) is 23.3 Å². The summed E-state index contributed by atoms with van der Waals surface area (Å²) in [5.74, 6) is 0.634. The Morgan fingerprint density at radius 1 is 1.38 bits per heavy atom. The molecule has 2 aliphatic carbocycles. The van der Waals surface area contributed by atoms with Crippen molar-refractivity contribution < 1.29 is 18.3 Å². The predicted octanol–water partition coefficient (Wildman–Crippen LogP) is 3.16. The molecule has 4 atom stereocenters. The zero-order valence-electron chi connectivity index (χ0n) is 18.9. The van der Waals surface area contributed by atoms with Gasteiger partial charge in [-0.1, -0.05) is 6.92 Å². The minimum atomic E-state index is -2.98. The Balaban J connectivity index is 1.53. The normalized spacial score (nSPS) is 31.3. The lowest BCUT2D eigenvalue weighted by Gasteiger charge is -2.34. The number of halogens is 2. The van der Waals surface area contributed by atoms with E-state index in [1.807, 2.05) is 19.9 Å². The van der Waals surface area contributed by atoms with Gasteiger partial charge >= 0.3 is 6.61 Å². The molecule has 1 saturated heterocycles. The molecule has 1 aromatic rings. The molecule has 7 nitrogen and oxygen atoms in total. The number of nitrogens with zero attached hydrogens (tertiary/aromatic N) is 3. The number of pyridine rings is 1. The third-order valence-electron chi connectivity index (χ3n) is 7.07. The van der Waals surface area contributed by atoms with Crippen molar-refractivity contribution >= 4 is 17.2 Å². The van der Waals surface area contributed by atoms with E-state index in [-0.39, 0.29) is 23.0 Å². The minimum Gasteiger partial charge on any atom is -0.431 e. The van der Waals surface area contributed by atoms with Crippen LogP contribution in [0.4, 0.5) is 14.6 Å². The maximum Gasteiger partial charge on any atom is 0.387 e. The summed E-state index contributed by atoms with van der Waals surface area (Å²) in [4.78, 5) is 11.4. The van der Waals surface area contributed by atoms with Crippen molar-refractivity contribution in [2.45, 2.75) is 52.3 Å². The zero-order chi connectivity index (χ0) is 23.0. The van der Waals surface area contributed by atoms with Crippen molar-refractivity contribution in [2.75, 3.05) is 32.0 Å². The number of hydrogen-bond acceptors (Lipinski definition) is 7. The van der Waals surface area contributed by atoms with Crippen LogP contribution >= 0.6 is 0 Å². The highest BCUT2D eigenvalue weighted by Crippen LogP contribution is 2.69. The Hall–Kier alpha value is -2.26. The summed E-state index contributed by atoms with van der Waals surface area (Å²) in [6, 6.07) is 2.12. The third-order valence-corrected chi connectivity index (χ3v) is 7.07. The highest BCUT2D eigenvalue weighted by molar-refractivity contribution is 6.04. The number of anilines is 1. The summed E-state index contributed by atoms with van der Waals surface area (Å²) in [5.41, 5.74) is 14.1. The van der Waals surface area contributed by atoms with Crippen molar-refractivity contribution in [3.8, 4) is 5.75 Å². The van der Waals surface area contributed by atoms with E-state index in [2.05, 4.69) is 21.5 Å². The molecule has 176 valence electrons. The number of nitrogens with two attached hydrogens (primary N) is 2. The van der Waals surface area contributed by atoms with Crippen LogP contribution in [-0.2, 0) is 4.74 Å². The molecule has 3 fully saturated rings. The molecule has 32 heavy (non-hydrogen) atoms. The third kappa shape index (κ3) is 4.59. The fraction of sp³-hybridized carbons (Fsp3) is 0.652. The van der Waals surface area contributed by atoms with Crippen molar-refractivity contribution in [1.82, 2.24) is 9.88 Å². The molecule has 0 amide bonds. The molecular weight excluding hydrogens is 416 g/mol. The van der Waals surface area contributed by atoms with E-state index < -0.39 is 6.61 Å². The number of aromatic nitrogens is 1. The molecule has 2 heterocycles. The monoisotopic (exact) mass is 449 g/mol. The first-order valence-corrected chi connectivity index (χ1v) is 11.3. The number of rotatable bonds is 7. The fourth-order valence-electron chi connectivity index (χ4n) is 5.54. The van der Waals surface area contributed by atoms with Crippen LogP contribution < -0.4 is 16.2 Å². The van der Waals surface area contributed by atoms with Gasteiger partial charge < -0.3 is 20.9 Å². The molecule has 0 bridgehead atoms. The van der Waals surface area contributed by atoms with E-state index in [0.717, 1.165) is 44.9 Å². The average molecular weight is 450 g/mol. The van der Waals surface area contributed by atoms with Gasteiger partial charge in [-0.15, -0.1) is 0 Å². The minimum absolute atomic E-state index is 0.101. The van der Waals surface area contributed by atoms with Gasteiger partial charge in [-0.2, -0.15) is 8.78 Å². The maximum atomic E-state index is 12.7. The number of morpholine rings is 1. The molecule has 1 aromatic heterocycles. The maximum absolute atomic E-state index is 12.7. The van der Waals surface area contributed by atoms with E-state index >= 15 is 0 Å². The second-order valence-electron chi connectivity index (χ2n) is 9.57. The molecule has 0 aromatic carbocycles. The Morgan fingerprint density at radius 2 is 2.09 bits per heavy atom. The molecule has 2 saturated carbocycles. The standard InChI is InChI=1S/C23H33F2N5O2/c1-13(2)29-18(10-17(26)14-8-19(32-22(24)25)21(27)28-12-14)20-16-9-15(11-23(16,20)3)30-4-6-31-7-5-30/h8,10,12-13,15-16,20,22H,4-7,9,11,26H2,1-3H3,(H2,27,28)/t15-,16-,20+,23?/m0/s1. The number of aliphatic imine (C=N–C) groups is 1. The number of alkyl halides is 2. The number of hydrogen-bond donors (Lipinski definition) is 2. The van der Waals surface area contributed by atoms with Gasteiger partial charge in [-0.05, 0) is 50.2 Å². The quantitative estimate of drug-likeness (QED) is 0.621. The van der Waals surface area contributed by atoms with Gasteiger partial charge in [0.1, 0.15) is 0 Å². The second kappa shape index (κ2) is 8.94. The van der Waals surface area contributed by atoms with E-state index in [0.29, 0.717) is 29.1 Å². The first-order valence-electron chi connectivity index (χ1n) is 11.3. The number of ether oxygens (including phenoxy) is 2. The second-order valence-corrected chi connectivity index (χ2v) is 9.57. The molecule has 4 rings (SSSR count). The summed E-state index contributed by atoms with van der Waals surface area (Å²) in [5, 5.41) is 0. The molecule has 3 aliphatic rings. The van der Waals surface area contributed by atoms with Crippen LogP contribution in [0, 0.1) is 17.3 Å². The highest BCUT2D eigenvalue weighted by atomic mass is 19.3. The molecule has 0 spiro atoms. The van der Waals surface area contributed by atoms with E-state index in [4.69, 9.17) is 21.2 Å². The van der Waals surface area contributed by atoms with Gasteiger partial charge in [0.05, 0.1) is 13.2 Å². The molecular formula is C23H33F2N5O2. The Kier molecular flexibility index (Phi) is 6.40. The fourth-order valence-corrected chi connectivity index (χ4v) is 5.54. The smallest absolute Gasteiger partial charge is 0.387 e. The van der Waals surface area contributed by atoms with Crippen LogP contribution in [-0.4, -0.2) is 60.6 Å². The van der Waals surface area contributed by atoms with Crippen molar-refractivity contribution in [2.24, 2.45) is 28.0 Å². The number of nitrogen functional groups attached to an aromatic ring is 1. The van der Waals surface area contributed by atoms with Crippen LogP contribution in [0.25, 0.3) is 5.70 Å². The molecule has 0 radical (unpaired) electrons. The van der Waals surface area contributed by atoms with Crippen LogP contribution in [0.3, 0.4) is 0 Å². The van der Waals surface area contributed by atoms with Gasteiger partial charge in [-0.3, -0.25) is 9.89 Å². The number of fused-ring (bicyclic) bond motifs is 1. The SMILES string of the molecule is CC(C)N=C(C=C(N)c1cnc(N)c(OC(F)F)c1)[C@H]1[C@@H]2C[C@H](N3CCOCC3)CC21C. The molecule has 1 unspecified atom stereocenters. The van der Waals surface area contributed by atoms with Crippen LogP contribution in [0.1, 0.15) is 39.2 Å². The van der Waals surface area contributed by atoms with Crippen molar-refractivity contribution in [3.05, 3.63) is 23.9 Å². The van der Waals surface area contributed by atoms with Crippen LogP contribution in [0.5, 0.6) is 5.75 Å². The Morgan fingerprint density at radius 3 is 2.69 bits per heavy atom. The average Bonchev–Trinajstić information content (AvgIpc) is 3.14. The summed E-state index contributed by atoms with van der Waals surface area (Å²) >= 11 is 0. The highest BCUT2D eigenvalue weighted by Gasteiger charge is 2.67. The van der Waals surface area contributed by atoms with Crippen molar-refractivity contribution in [3.63, 3.8) is 0 Å². The zero-order valence-corrected chi connectivity index (χ0v) is 18.9.